The summed E-state index contributed by atoms with van der Waals surface area (Å²) in [6.07, 6.45) is 2.47. The number of rotatable bonds is 7. The molecule has 0 radical (unpaired) electrons. The molecule has 0 saturated carbocycles. The Morgan fingerprint density at radius 2 is 2.26 bits per heavy atom. The zero-order chi connectivity index (χ0) is 14.3. The van der Waals surface area contributed by atoms with Gasteiger partial charge in [0.05, 0.1) is 4.88 Å². The third kappa shape index (κ3) is 5.23. The topological polar surface area (TPSA) is 69.6 Å². The Labute approximate surface area is 116 Å². The molecule has 104 valence electrons. The first-order valence-corrected chi connectivity index (χ1v) is 6.87. The van der Waals surface area contributed by atoms with E-state index in [1.54, 1.807) is 11.4 Å². The van der Waals surface area contributed by atoms with Crippen molar-refractivity contribution in [3.05, 3.63) is 28.0 Å². The minimum atomic E-state index is -1.03. The summed E-state index contributed by atoms with van der Waals surface area (Å²) < 4.78 is 0. The largest absolute Gasteiger partial charge is 0.478 e. The number of carboxylic acid groups (broad SMARTS) is 1. The van der Waals surface area contributed by atoms with Gasteiger partial charge in [0, 0.05) is 19.2 Å². The number of carbonyl (C=O) groups excluding carboxylic acids is 1. The predicted molar refractivity (Wildman–Crippen MR) is 76.5 cm³/mol. The quantitative estimate of drug-likeness (QED) is 0.744. The molecular weight excluding hydrogens is 264 g/mol. The van der Waals surface area contributed by atoms with Gasteiger partial charge in [-0.3, -0.25) is 4.79 Å². The monoisotopic (exact) mass is 282 g/mol. The van der Waals surface area contributed by atoms with Crippen molar-refractivity contribution in [1.82, 2.24) is 10.2 Å². The van der Waals surface area contributed by atoms with E-state index in [1.165, 1.54) is 17.4 Å². The van der Waals surface area contributed by atoms with Crippen LogP contribution in [0.4, 0.5) is 0 Å². The second-order valence-electron chi connectivity index (χ2n) is 4.03. The molecule has 1 amide bonds. The maximum atomic E-state index is 11.9. The molecule has 2 N–H and O–H groups in total. The van der Waals surface area contributed by atoms with Gasteiger partial charge in [0.2, 0.25) is 0 Å². The van der Waals surface area contributed by atoms with E-state index < -0.39 is 5.97 Å². The van der Waals surface area contributed by atoms with Gasteiger partial charge in [-0.2, -0.15) is 0 Å². The van der Waals surface area contributed by atoms with Gasteiger partial charge < -0.3 is 15.3 Å². The van der Waals surface area contributed by atoms with E-state index in [2.05, 4.69) is 17.1 Å². The Balaban J connectivity index is 2.58. The van der Waals surface area contributed by atoms with Crippen LogP contribution in [0.3, 0.4) is 0 Å². The molecule has 0 atom stereocenters. The average Bonchev–Trinajstić information content (AvgIpc) is 2.84. The number of nitrogens with zero attached hydrogens (tertiary/aromatic N) is 1. The van der Waals surface area contributed by atoms with E-state index in [1.807, 2.05) is 7.05 Å². The fraction of sp³-hybridized carbons (Fsp3) is 0.385. The summed E-state index contributed by atoms with van der Waals surface area (Å²) >= 11 is 1.30. The highest BCUT2D eigenvalue weighted by Crippen LogP contribution is 2.18. The number of hydrogen-bond acceptors (Lipinski definition) is 4. The minimum Gasteiger partial charge on any atom is -0.478 e. The molecule has 19 heavy (non-hydrogen) atoms. The highest BCUT2D eigenvalue weighted by atomic mass is 32.1. The lowest BCUT2D eigenvalue weighted by molar-refractivity contribution is -0.131. The Morgan fingerprint density at radius 3 is 2.89 bits per heavy atom. The summed E-state index contributed by atoms with van der Waals surface area (Å²) in [5.41, 5.74) is 0.633. The van der Waals surface area contributed by atoms with Crippen LogP contribution in [-0.2, 0) is 4.79 Å². The van der Waals surface area contributed by atoms with Crippen LogP contribution in [0.5, 0.6) is 0 Å². The molecule has 1 heterocycles. The van der Waals surface area contributed by atoms with E-state index in [9.17, 15) is 9.59 Å². The average molecular weight is 282 g/mol. The Bertz CT molecular complexity index is 468. The fourth-order valence-electron chi connectivity index (χ4n) is 1.39. The molecule has 5 nitrogen and oxygen atoms in total. The molecule has 0 unspecified atom stereocenters. The molecule has 6 heteroatoms. The molecule has 0 aliphatic rings. The first-order chi connectivity index (χ1) is 9.04. The van der Waals surface area contributed by atoms with E-state index in [0.717, 1.165) is 19.2 Å². The molecule has 1 rings (SSSR count). The second kappa shape index (κ2) is 7.70. The third-order valence-electron chi connectivity index (χ3n) is 2.63. The van der Waals surface area contributed by atoms with Gasteiger partial charge in [0.15, 0.2) is 0 Å². The number of hydrogen-bond donors (Lipinski definition) is 2. The summed E-state index contributed by atoms with van der Waals surface area (Å²) in [7, 11) is 1.98. The number of nitrogens with one attached hydrogen (secondary N) is 1. The molecular formula is C13H18N2O3S. The Kier molecular flexibility index (Phi) is 6.24. The van der Waals surface area contributed by atoms with Gasteiger partial charge in [0.1, 0.15) is 0 Å². The van der Waals surface area contributed by atoms with Gasteiger partial charge in [-0.05, 0) is 36.7 Å². The predicted octanol–water partition coefficient (Wildman–Crippen LogP) is 1.53. The summed E-state index contributed by atoms with van der Waals surface area (Å²) in [4.78, 5) is 25.0. The molecule has 0 aliphatic carbocycles. The van der Waals surface area contributed by atoms with Crippen molar-refractivity contribution in [2.24, 2.45) is 0 Å². The number of carbonyl (C=O) groups is 2. The van der Waals surface area contributed by atoms with Crippen LogP contribution in [0.1, 0.15) is 22.2 Å². The lowest BCUT2D eigenvalue weighted by Crippen LogP contribution is -2.32. The number of thiophene rings is 1. The first-order valence-electron chi connectivity index (χ1n) is 5.99. The van der Waals surface area contributed by atoms with Crippen molar-refractivity contribution in [1.29, 1.82) is 0 Å². The van der Waals surface area contributed by atoms with Gasteiger partial charge in [0.25, 0.3) is 5.91 Å². The minimum absolute atomic E-state index is 0.162. The van der Waals surface area contributed by atoms with Crippen molar-refractivity contribution in [2.75, 3.05) is 26.7 Å². The van der Waals surface area contributed by atoms with Crippen LogP contribution in [0.15, 0.2) is 17.5 Å². The van der Waals surface area contributed by atoms with Crippen LogP contribution >= 0.6 is 11.3 Å². The second-order valence-corrected chi connectivity index (χ2v) is 4.94. The molecule has 0 bridgehead atoms. The van der Waals surface area contributed by atoms with Gasteiger partial charge in [-0.15, -0.1) is 11.3 Å². The highest BCUT2D eigenvalue weighted by molar-refractivity contribution is 7.12. The number of aliphatic carboxylic acids is 1. The van der Waals surface area contributed by atoms with Crippen LogP contribution in [-0.4, -0.2) is 48.6 Å². The highest BCUT2D eigenvalue weighted by Gasteiger charge is 2.11. The molecule has 0 spiro atoms. The standard InChI is InChI=1S/C13H18N2O3S/c1-3-15(2)8-7-14-13(18)12-10(6-9-19-12)4-5-11(16)17/h4-6,9H,3,7-8H2,1-2H3,(H,14,18)(H,16,17). The Hall–Kier alpha value is -1.66. The third-order valence-corrected chi connectivity index (χ3v) is 3.56. The number of likely N-dealkylation sites (N-methyl/N-ethyl adjacent to an activating group) is 1. The van der Waals surface area contributed by atoms with E-state index in [4.69, 9.17) is 5.11 Å². The number of amides is 1. The lowest BCUT2D eigenvalue weighted by Gasteiger charge is -2.13. The summed E-state index contributed by atoms with van der Waals surface area (Å²) in [5.74, 6) is -1.19. The maximum Gasteiger partial charge on any atom is 0.328 e. The Morgan fingerprint density at radius 1 is 1.53 bits per heavy atom. The molecule has 0 aliphatic heterocycles. The van der Waals surface area contributed by atoms with E-state index >= 15 is 0 Å². The summed E-state index contributed by atoms with van der Waals surface area (Å²) in [6, 6.07) is 1.73. The van der Waals surface area contributed by atoms with Gasteiger partial charge in [-0.1, -0.05) is 6.92 Å². The maximum absolute atomic E-state index is 11.9. The van der Waals surface area contributed by atoms with Gasteiger partial charge in [-0.25, -0.2) is 4.79 Å². The summed E-state index contributed by atoms with van der Waals surface area (Å²) in [5, 5.41) is 13.2. The van der Waals surface area contributed by atoms with Crippen molar-refractivity contribution in [3.8, 4) is 0 Å². The van der Waals surface area contributed by atoms with Crippen LogP contribution < -0.4 is 5.32 Å². The zero-order valence-electron chi connectivity index (χ0n) is 11.0. The van der Waals surface area contributed by atoms with Crippen molar-refractivity contribution < 1.29 is 14.7 Å². The zero-order valence-corrected chi connectivity index (χ0v) is 11.9. The molecule has 1 aromatic heterocycles. The normalized spacial score (nSPS) is 11.1. The first kappa shape index (κ1) is 15.4. The van der Waals surface area contributed by atoms with Gasteiger partial charge >= 0.3 is 5.97 Å². The van der Waals surface area contributed by atoms with Crippen molar-refractivity contribution >= 4 is 29.3 Å². The van der Waals surface area contributed by atoms with Crippen LogP contribution in [0.25, 0.3) is 6.08 Å². The van der Waals surface area contributed by atoms with E-state index in [0.29, 0.717) is 17.0 Å². The van der Waals surface area contributed by atoms with E-state index in [-0.39, 0.29) is 5.91 Å². The lowest BCUT2D eigenvalue weighted by atomic mass is 10.2. The molecule has 0 saturated heterocycles. The summed E-state index contributed by atoms with van der Waals surface area (Å²) in [6.45, 7) is 4.34. The van der Waals surface area contributed by atoms with Crippen LogP contribution in [0, 0.1) is 0 Å². The molecule has 1 aromatic rings. The molecule has 0 aromatic carbocycles. The molecule has 0 fully saturated rings. The SMILES string of the molecule is CCN(C)CCNC(=O)c1sccc1C=CC(=O)O. The van der Waals surface area contributed by atoms with Crippen LogP contribution in [0.2, 0.25) is 0 Å². The van der Waals surface area contributed by atoms with Crippen molar-refractivity contribution in [2.45, 2.75) is 6.92 Å². The number of carboxylic acids is 1. The smallest absolute Gasteiger partial charge is 0.328 e. The van der Waals surface area contributed by atoms with Crippen molar-refractivity contribution in [3.63, 3.8) is 0 Å². The fourth-order valence-corrected chi connectivity index (χ4v) is 2.20.